The maximum Gasteiger partial charge on any atom is 0.309 e. The van der Waals surface area contributed by atoms with Crippen molar-refractivity contribution >= 4 is 5.97 Å². The Morgan fingerprint density at radius 2 is 2.00 bits per heavy atom. The van der Waals surface area contributed by atoms with Gasteiger partial charge in [0.15, 0.2) is 0 Å². The molecule has 1 heterocycles. The fourth-order valence-electron chi connectivity index (χ4n) is 2.92. The number of aliphatic carboxylic acids is 1. The van der Waals surface area contributed by atoms with Crippen LogP contribution in [-0.2, 0) is 4.79 Å². The van der Waals surface area contributed by atoms with Gasteiger partial charge in [-0.15, -0.1) is 0 Å². The summed E-state index contributed by atoms with van der Waals surface area (Å²) in [5.74, 6) is 0.317. The van der Waals surface area contributed by atoms with Crippen molar-refractivity contribution in [1.82, 2.24) is 4.90 Å². The molecule has 1 saturated heterocycles. The van der Waals surface area contributed by atoms with Gasteiger partial charge in [-0.25, -0.2) is 0 Å². The minimum absolute atomic E-state index is 0.421. The number of piperidine rings is 1. The number of hydrogen-bond acceptors (Lipinski definition) is 2. The standard InChI is InChI=1S/C13H23NO2/c1-2-13(12(15)16)6-8-14(9-7-13)10-11-4-3-5-11/h11H,2-10H2,1H3,(H,15,16). The Balaban J connectivity index is 1.82. The van der Waals surface area contributed by atoms with E-state index in [2.05, 4.69) is 4.90 Å². The lowest BCUT2D eigenvalue weighted by molar-refractivity contribution is -0.152. The van der Waals surface area contributed by atoms with E-state index >= 15 is 0 Å². The molecule has 2 aliphatic rings. The summed E-state index contributed by atoms with van der Waals surface area (Å²) in [7, 11) is 0. The second-order valence-corrected chi connectivity index (χ2v) is 5.54. The molecule has 0 aromatic rings. The summed E-state index contributed by atoms with van der Waals surface area (Å²) in [6, 6.07) is 0. The summed E-state index contributed by atoms with van der Waals surface area (Å²) >= 11 is 0. The Morgan fingerprint density at radius 1 is 1.38 bits per heavy atom. The van der Waals surface area contributed by atoms with Gasteiger partial charge < -0.3 is 10.0 Å². The van der Waals surface area contributed by atoms with Gasteiger partial charge in [0.2, 0.25) is 0 Å². The number of rotatable bonds is 4. The second-order valence-electron chi connectivity index (χ2n) is 5.54. The molecule has 2 fully saturated rings. The number of carboxylic acid groups (broad SMARTS) is 1. The molecule has 2 rings (SSSR count). The summed E-state index contributed by atoms with van der Waals surface area (Å²) in [4.78, 5) is 13.8. The summed E-state index contributed by atoms with van der Waals surface area (Å²) < 4.78 is 0. The van der Waals surface area contributed by atoms with Crippen molar-refractivity contribution in [2.45, 2.75) is 45.4 Å². The van der Waals surface area contributed by atoms with Crippen molar-refractivity contribution in [3.05, 3.63) is 0 Å². The van der Waals surface area contributed by atoms with E-state index in [-0.39, 0.29) is 0 Å². The molecule has 0 radical (unpaired) electrons. The maximum atomic E-state index is 11.3. The highest BCUT2D eigenvalue weighted by molar-refractivity contribution is 5.74. The zero-order valence-corrected chi connectivity index (χ0v) is 10.2. The molecule has 0 spiro atoms. The first kappa shape index (κ1) is 11.9. The third-order valence-electron chi connectivity index (χ3n) is 4.68. The second kappa shape index (κ2) is 4.74. The molecule has 1 N–H and O–H groups in total. The van der Waals surface area contributed by atoms with Crippen molar-refractivity contribution in [2.24, 2.45) is 11.3 Å². The molecular weight excluding hydrogens is 202 g/mol. The Labute approximate surface area is 97.8 Å². The highest BCUT2D eigenvalue weighted by Gasteiger charge is 2.40. The third-order valence-corrected chi connectivity index (χ3v) is 4.68. The van der Waals surface area contributed by atoms with Crippen LogP contribution >= 0.6 is 0 Å². The van der Waals surface area contributed by atoms with Crippen LogP contribution < -0.4 is 0 Å². The van der Waals surface area contributed by atoms with Crippen molar-refractivity contribution < 1.29 is 9.90 Å². The average Bonchev–Trinajstić information content (AvgIpc) is 2.24. The van der Waals surface area contributed by atoms with E-state index in [0.717, 1.165) is 38.3 Å². The van der Waals surface area contributed by atoms with Crippen LogP contribution in [0.4, 0.5) is 0 Å². The minimum atomic E-state index is -0.585. The molecule has 16 heavy (non-hydrogen) atoms. The molecule has 1 saturated carbocycles. The Morgan fingerprint density at radius 3 is 2.38 bits per heavy atom. The quantitative estimate of drug-likeness (QED) is 0.798. The van der Waals surface area contributed by atoms with Gasteiger partial charge >= 0.3 is 5.97 Å². The van der Waals surface area contributed by atoms with Crippen LogP contribution in [0.3, 0.4) is 0 Å². The van der Waals surface area contributed by atoms with Gasteiger partial charge in [0.1, 0.15) is 0 Å². The molecular formula is C13H23NO2. The fourth-order valence-corrected chi connectivity index (χ4v) is 2.92. The van der Waals surface area contributed by atoms with Crippen molar-refractivity contribution in [3.63, 3.8) is 0 Å². The van der Waals surface area contributed by atoms with E-state index in [1.54, 1.807) is 0 Å². The van der Waals surface area contributed by atoms with Crippen LogP contribution in [0.2, 0.25) is 0 Å². The van der Waals surface area contributed by atoms with Crippen LogP contribution in [-0.4, -0.2) is 35.6 Å². The molecule has 3 heteroatoms. The minimum Gasteiger partial charge on any atom is -0.481 e. The Kier molecular flexibility index (Phi) is 3.53. The van der Waals surface area contributed by atoms with Gasteiger partial charge in [0.25, 0.3) is 0 Å². The first-order valence-electron chi connectivity index (χ1n) is 6.62. The molecule has 0 aromatic carbocycles. The Hall–Kier alpha value is -0.570. The molecule has 3 nitrogen and oxygen atoms in total. The average molecular weight is 225 g/mol. The fraction of sp³-hybridized carbons (Fsp3) is 0.923. The third kappa shape index (κ3) is 2.24. The van der Waals surface area contributed by atoms with Crippen LogP contribution in [0.25, 0.3) is 0 Å². The number of carboxylic acids is 1. The largest absolute Gasteiger partial charge is 0.481 e. The SMILES string of the molecule is CCC1(C(=O)O)CCN(CC2CCC2)CC1. The van der Waals surface area contributed by atoms with Crippen LogP contribution in [0, 0.1) is 11.3 Å². The van der Waals surface area contributed by atoms with Gasteiger partial charge in [-0.05, 0) is 51.1 Å². The van der Waals surface area contributed by atoms with E-state index in [4.69, 9.17) is 0 Å². The van der Waals surface area contributed by atoms with E-state index in [1.807, 2.05) is 6.92 Å². The smallest absolute Gasteiger partial charge is 0.309 e. The first-order valence-corrected chi connectivity index (χ1v) is 6.62. The molecule has 0 unspecified atom stereocenters. The van der Waals surface area contributed by atoms with Gasteiger partial charge in [0.05, 0.1) is 5.41 Å². The van der Waals surface area contributed by atoms with E-state index < -0.39 is 11.4 Å². The zero-order chi connectivity index (χ0) is 11.6. The highest BCUT2D eigenvalue weighted by atomic mass is 16.4. The van der Waals surface area contributed by atoms with Crippen molar-refractivity contribution in [1.29, 1.82) is 0 Å². The molecule has 92 valence electrons. The summed E-state index contributed by atoms with van der Waals surface area (Å²) in [5, 5.41) is 9.30. The highest BCUT2D eigenvalue weighted by Crippen LogP contribution is 2.36. The summed E-state index contributed by atoms with van der Waals surface area (Å²) in [6.07, 6.45) is 6.62. The number of hydrogen-bond donors (Lipinski definition) is 1. The first-order chi connectivity index (χ1) is 7.66. The number of carbonyl (C=O) groups is 1. The molecule has 0 amide bonds. The van der Waals surface area contributed by atoms with Crippen molar-refractivity contribution in [3.8, 4) is 0 Å². The van der Waals surface area contributed by atoms with Crippen LogP contribution in [0.5, 0.6) is 0 Å². The molecule has 0 atom stereocenters. The van der Waals surface area contributed by atoms with Crippen LogP contribution in [0.15, 0.2) is 0 Å². The normalized spacial score (nSPS) is 26.3. The lowest BCUT2D eigenvalue weighted by Crippen LogP contribution is -2.46. The number of likely N-dealkylation sites (tertiary alicyclic amines) is 1. The van der Waals surface area contributed by atoms with Crippen molar-refractivity contribution in [2.75, 3.05) is 19.6 Å². The monoisotopic (exact) mass is 225 g/mol. The van der Waals surface area contributed by atoms with E-state index in [0.29, 0.717) is 0 Å². The topological polar surface area (TPSA) is 40.5 Å². The predicted molar refractivity (Wildman–Crippen MR) is 63.4 cm³/mol. The molecule has 0 aromatic heterocycles. The summed E-state index contributed by atoms with van der Waals surface area (Å²) in [6.45, 7) is 5.18. The molecule has 0 bridgehead atoms. The lowest BCUT2D eigenvalue weighted by atomic mass is 9.75. The predicted octanol–water partition coefficient (Wildman–Crippen LogP) is 2.36. The Bertz CT molecular complexity index is 253. The van der Waals surface area contributed by atoms with Gasteiger partial charge in [-0.2, -0.15) is 0 Å². The molecule has 1 aliphatic heterocycles. The summed E-state index contributed by atoms with van der Waals surface area (Å²) in [5.41, 5.74) is -0.421. The van der Waals surface area contributed by atoms with Gasteiger partial charge in [-0.1, -0.05) is 13.3 Å². The molecule has 1 aliphatic carbocycles. The van der Waals surface area contributed by atoms with Gasteiger partial charge in [-0.3, -0.25) is 4.79 Å². The van der Waals surface area contributed by atoms with Crippen LogP contribution in [0.1, 0.15) is 45.4 Å². The lowest BCUT2D eigenvalue weighted by Gasteiger charge is -2.41. The number of nitrogens with zero attached hydrogens (tertiary/aromatic N) is 1. The van der Waals surface area contributed by atoms with E-state index in [1.165, 1.54) is 25.8 Å². The van der Waals surface area contributed by atoms with Gasteiger partial charge in [0, 0.05) is 6.54 Å². The zero-order valence-electron chi connectivity index (χ0n) is 10.2. The maximum absolute atomic E-state index is 11.3. The van der Waals surface area contributed by atoms with E-state index in [9.17, 15) is 9.90 Å².